The molecule has 0 unspecified atom stereocenters. The van der Waals surface area contributed by atoms with Gasteiger partial charge in [0.05, 0.1) is 0 Å². The Balaban J connectivity index is 0.000000237. The van der Waals surface area contributed by atoms with Crippen molar-refractivity contribution in [2.45, 2.75) is 39.5 Å². The van der Waals surface area contributed by atoms with Crippen LogP contribution in [0.2, 0.25) is 0 Å². The van der Waals surface area contributed by atoms with Crippen LogP contribution in [0.1, 0.15) is 39.5 Å². The van der Waals surface area contributed by atoms with Crippen LogP contribution in [0, 0.1) is 6.08 Å². The minimum Gasteiger partial charge on any atom is -0.269 e. The van der Waals surface area contributed by atoms with Crippen molar-refractivity contribution in [2.75, 3.05) is 0 Å². The molecule has 0 saturated carbocycles. The summed E-state index contributed by atoms with van der Waals surface area (Å²) in [7, 11) is -0.493. The molecule has 0 spiro atoms. The third-order valence-electron chi connectivity index (χ3n) is 5.87. The van der Waals surface area contributed by atoms with E-state index in [-0.39, 0.29) is 26.2 Å². The topological polar surface area (TPSA) is 0 Å². The van der Waals surface area contributed by atoms with Gasteiger partial charge >= 0.3 is 26.2 Å². The van der Waals surface area contributed by atoms with Crippen molar-refractivity contribution in [3.8, 4) is 0 Å². The molecule has 0 aliphatic heterocycles. The number of benzene rings is 3. The normalized spacial score (nSPS) is 12.6. The number of allylic oxidation sites excluding steroid dienone is 4. The molecule has 0 saturated heterocycles. The van der Waals surface area contributed by atoms with Crippen molar-refractivity contribution in [1.29, 1.82) is 0 Å². The second kappa shape index (κ2) is 13.1. The third-order valence-corrected chi connectivity index (χ3v) is 8.27. The van der Waals surface area contributed by atoms with E-state index in [1.54, 1.807) is 0 Å². The quantitative estimate of drug-likeness (QED) is 0.180. The van der Waals surface area contributed by atoms with Gasteiger partial charge in [0.2, 0.25) is 0 Å². The summed E-state index contributed by atoms with van der Waals surface area (Å²) in [5.74, 6) is 0. The Labute approximate surface area is 219 Å². The van der Waals surface area contributed by atoms with Gasteiger partial charge in [-0.1, -0.05) is 92.9 Å². The summed E-state index contributed by atoms with van der Waals surface area (Å²) in [5.41, 5.74) is 2.91. The number of hydrogen-bond donors (Lipinski definition) is 0. The molecule has 0 aromatic heterocycles. The van der Waals surface area contributed by atoms with Gasteiger partial charge in [0.1, 0.15) is 0 Å². The van der Waals surface area contributed by atoms with Crippen LogP contribution in [0.25, 0.3) is 10.8 Å². The molecule has 0 N–H and O–H groups in total. The first-order valence-electron chi connectivity index (χ1n) is 11.6. The molecule has 1 aliphatic carbocycles. The fourth-order valence-electron chi connectivity index (χ4n) is 4.09. The fraction of sp³-hybridized carbons (Fsp3) is 0.194. The van der Waals surface area contributed by atoms with E-state index in [1.807, 2.05) is 0 Å². The number of hydrogen-bond acceptors (Lipinski definition) is 0. The molecule has 0 nitrogen and oxygen atoms in total. The third kappa shape index (κ3) is 6.79. The zero-order valence-corrected chi connectivity index (χ0v) is 22.9. The number of rotatable bonds is 6. The average molecular weight is 526 g/mol. The summed E-state index contributed by atoms with van der Waals surface area (Å²) in [5, 5.41) is 6.89. The van der Waals surface area contributed by atoms with Crippen LogP contribution < -0.4 is 15.9 Å². The summed E-state index contributed by atoms with van der Waals surface area (Å²) in [6.45, 7) is 4.42. The maximum atomic E-state index is 3.37. The van der Waals surface area contributed by atoms with E-state index >= 15 is 0 Å². The van der Waals surface area contributed by atoms with Gasteiger partial charge in [0.15, 0.2) is 0 Å². The van der Waals surface area contributed by atoms with Crippen LogP contribution in [0.4, 0.5) is 0 Å². The fourth-order valence-corrected chi connectivity index (χ4v) is 6.46. The zero-order chi connectivity index (χ0) is 22.2. The van der Waals surface area contributed by atoms with E-state index in [9.17, 15) is 0 Å². The van der Waals surface area contributed by atoms with E-state index in [0.717, 1.165) is 6.42 Å². The molecule has 2 heteroatoms. The van der Waals surface area contributed by atoms with E-state index in [1.165, 1.54) is 57.1 Å². The van der Waals surface area contributed by atoms with Gasteiger partial charge in [-0.2, -0.15) is 12.1 Å². The maximum absolute atomic E-state index is 3.37. The van der Waals surface area contributed by atoms with Gasteiger partial charge in [-0.3, -0.25) is 6.08 Å². The molecule has 0 atom stereocenters. The SMILES string of the molecule is CCCCC1=[C-]CC=C1C.[Zr+2].c1ccc(P(c2ccccc2)c2cc3ccccc3[cH-]2)cc1. The van der Waals surface area contributed by atoms with Crippen molar-refractivity contribution in [1.82, 2.24) is 0 Å². The van der Waals surface area contributed by atoms with E-state index in [4.69, 9.17) is 0 Å². The Hall–Kier alpha value is -1.94. The van der Waals surface area contributed by atoms with Crippen LogP contribution >= 0.6 is 7.92 Å². The second-order valence-electron chi connectivity index (χ2n) is 8.20. The predicted molar refractivity (Wildman–Crippen MR) is 143 cm³/mol. The molecule has 5 rings (SSSR count). The summed E-state index contributed by atoms with van der Waals surface area (Å²) in [6, 6.07) is 35.0. The summed E-state index contributed by atoms with van der Waals surface area (Å²) < 4.78 is 0. The first-order valence-corrected chi connectivity index (χ1v) is 12.9. The molecular weight excluding hydrogens is 495 g/mol. The second-order valence-corrected chi connectivity index (χ2v) is 10.4. The van der Waals surface area contributed by atoms with Gasteiger partial charge in [0, 0.05) is 0 Å². The van der Waals surface area contributed by atoms with Crippen LogP contribution in [0.15, 0.2) is 114 Å². The smallest absolute Gasteiger partial charge is 0.269 e. The van der Waals surface area contributed by atoms with E-state index in [2.05, 4.69) is 123 Å². The Morgan fingerprint density at radius 1 is 0.848 bits per heavy atom. The largest absolute Gasteiger partial charge is 2.00 e. The zero-order valence-electron chi connectivity index (χ0n) is 19.6. The minimum absolute atomic E-state index is 0. The molecule has 0 radical (unpaired) electrons. The van der Waals surface area contributed by atoms with E-state index < -0.39 is 7.92 Å². The average Bonchev–Trinajstić information content (AvgIpc) is 3.45. The predicted octanol–water partition coefficient (Wildman–Crippen LogP) is 7.57. The Morgan fingerprint density at radius 2 is 1.45 bits per heavy atom. The summed E-state index contributed by atoms with van der Waals surface area (Å²) in [6.07, 6.45) is 10.5. The molecule has 0 amide bonds. The molecule has 4 aromatic carbocycles. The van der Waals surface area contributed by atoms with Crippen molar-refractivity contribution >= 4 is 34.6 Å². The first-order chi connectivity index (χ1) is 15.8. The van der Waals surface area contributed by atoms with Gasteiger partial charge in [0.25, 0.3) is 0 Å². The van der Waals surface area contributed by atoms with Gasteiger partial charge < -0.3 is 0 Å². The van der Waals surface area contributed by atoms with Crippen molar-refractivity contribution in [3.05, 3.63) is 120 Å². The number of unbranched alkanes of at least 4 members (excludes halogenated alkanes) is 1. The monoisotopic (exact) mass is 524 g/mol. The molecule has 0 bridgehead atoms. The summed E-state index contributed by atoms with van der Waals surface area (Å²) >= 11 is 0. The Kier molecular flexibility index (Phi) is 10.2. The maximum Gasteiger partial charge on any atom is 2.00 e. The van der Waals surface area contributed by atoms with Crippen LogP contribution in [-0.4, -0.2) is 0 Å². The molecular formula is C31H31PZr. The van der Waals surface area contributed by atoms with E-state index in [0.29, 0.717) is 0 Å². The van der Waals surface area contributed by atoms with Gasteiger partial charge in [-0.05, 0) is 18.5 Å². The van der Waals surface area contributed by atoms with Crippen LogP contribution in [-0.2, 0) is 26.2 Å². The first kappa shape index (κ1) is 25.7. The van der Waals surface area contributed by atoms with Crippen molar-refractivity contribution in [2.24, 2.45) is 0 Å². The number of fused-ring (bicyclic) bond motifs is 1. The Bertz CT molecular complexity index is 1110. The molecule has 0 heterocycles. The van der Waals surface area contributed by atoms with Crippen molar-refractivity contribution in [3.63, 3.8) is 0 Å². The van der Waals surface area contributed by atoms with Crippen molar-refractivity contribution < 1.29 is 26.2 Å². The van der Waals surface area contributed by atoms with Gasteiger partial charge in [-0.15, -0.1) is 53.7 Å². The Morgan fingerprint density at radius 3 is 2.00 bits per heavy atom. The summed E-state index contributed by atoms with van der Waals surface area (Å²) in [4.78, 5) is 0. The molecule has 33 heavy (non-hydrogen) atoms. The minimum atomic E-state index is -0.493. The molecule has 1 aliphatic rings. The van der Waals surface area contributed by atoms with Crippen LogP contribution in [0.3, 0.4) is 0 Å². The molecule has 4 aromatic rings. The standard InChI is InChI=1S/C21H16P.C10H15.Zr/c1-3-11-19(12-4-1)22(20-13-5-2-6-14-20)21-15-17-9-7-8-10-18(17)16-21;1-3-4-7-10-8-5-6-9(10)2;/h1-16H;6H,3-5,7H2,1-2H3;/q2*-1;+2. The van der Waals surface area contributed by atoms with Gasteiger partial charge in [-0.25, -0.2) is 11.1 Å². The molecule has 164 valence electrons. The molecule has 0 fully saturated rings. The van der Waals surface area contributed by atoms with Crippen LogP contribution in [0.5, 0.6) is 0 Å².